The third kappa shape index (κ3) is 2.18. The van der Waals surface area contributed by atoms with Gasteiger partial charge in [-0.2, -0.15) is 0 Å². The molecule has 1 unspecified atom stereocenters. The largest absolute Gasteiger partial charge is 0.223 e. The predicted octanol–water partition coefficient (Wildman–Crippen LogP) is 2.39. The van der Waals surface area contributed by atoms with E-state index in [0.717, 1.165) is 0 Å². The molecule has 2 rings (SSSR count). The third-order valence-electron chi connectivity index (χ3n) is 2.18. The first-order valence-corrected chi connectivity index (χ1v) is 5.93. The van der Waals surface area contributed by atoms with Crippen LogP contribution < -0.4 is 0 Å². The summed E-state index contributed by atoms with van der Waals surface area (Å²) >= 11 is 7.68. The van der Waals surface area contributed by atoms with Crippen molar-refractivity contribution in [2.75, 3.05) is 0 Å². The highest BCUT2D eigenvalue weighted by Gasteiger charge is 2.12. The van der Waals surface area contributed by atoms with E-state index >= 15 is 0 Å². The Bertz CT molecular complexity index is 448. The molecule has 1 atom stereocenters. The number of rotatable bonds is 3. The summed E-state index contributed by atoms with van der Waals surface area (Å²) in [7, 11) is 0. The number of thiophene rings is 1. The smallest absolute Gasteiger partial charge is 0.169 e. The Hall–Kier alpha value is -0.940. The fraction of sp³-hybridized carbons (Fsp3) is 0.444. The number of alkyl halides is 1. The van der Waals surface area contributed by atoms with Gasteiger partial charge in [-0.3, -0.25) is 0 Å². The molecule has 15 heavy (non-hydrogen) atoms. The molecule has 2 heterocycles. The van der Waals surface area contributed by atoms with Gasteiger partial charge in [0.1, 0.15) is 0 Å². The highest BCUT2D eigenvalue weighted by atomic mass is 35.5. The molecule has 0 radical (unpaired) electrons. The maximum absolute atomic E-state index is 5.97. The normalized spacial score (nSPS) is 13.0. The van der Waals surface area contributed by atoms with Crippen LogP contribution in [0.5, 0.6) is 0 Å². The maximum Gasteiger partial charge on any atom is 0.169 e. The van der Waals surface area contributed by atoms with Crippen LogP contribution in [0.3, 0.4) is 0 Å². The van der Waals surface area contributed by atoms with Gasteiger partial charge in [0, 0.05) is 4.88 Å². The molecule has 0 aliphatic carbocycles. The van der Waals surface area contributed by atoms with E-state index in [1.54, 1.807) is 16.0 Å². The second-order valence-electron chi connectivity index (χ2n) is 3.34. The van der Waals surface area contributed by atoms with Crippen molar-refractivity contribution >= 4 is 22.9 Å². The lowest BCUT2D eigenvalue weighted by Crippen LogP contribution is -2.07. The van der Waals surface area contributed by atoms with Gasteiger partial charge in [0.05, 0.1) is 11.9 Å². The molecule has 0 amide bonds. The van der Waals surface area contributed by atoms with Gasteiger partial charge in [-0.15, -0.1) is 28.0 Å². The molecule has 80 valence electrons. The van der Waals surface area contributed by atoms with Crippen LogP contribution in [0.2, 0.25) is 0 Å². The van der Waals surface area contributed by atoms with Gasteiger partial charge >= 0.3 is 0 Å². The zero-order chi connectivity index (χ0) is 10.8. The maximum atomic E-state index is 5.97. The molecule has 0 aliphatic heterocycles. The van der Waals surface area contributed by atoms with Crippen molar-refractivity contribution in [1.82, 2.24) is 20.2 Å². The predicted molar refractivity (Wildman–Crippen MR) is 60.2 cm³/mol. The van der Waals surface area contributed by atoms with Crippen molar-refractivity contribution in [3.8, 4) is 0 Å². The molecule has 0 bridgehead atoms. The SMILES string of the molecule is Cc1ccsc1Cn1nnnc1C(C)Cl. The highest BCUT2D eigenvalue weighted by molar-refractivity contribution is 7.10. The second kappa shape index (κ2) is 4.28. The van der Waals surface area contributed by atoms with E-state index in [9.17, 15) is 0 Å². The quantitative estimate of drug-likeness (QED) is 0.777. The summed E-state index contributed by atoms with van der Waals surface area (Å²) in [5.74, 6) is 0.712. The average Bonchev–Trinajstić information content (AvgIpc) is 2.77. The van der Waals surface area contributed by atoms with Crippen LogP contribution in [0.1, 0.15) is 28.6 Å². The van der Waals surface area contributed by atoms with E-state index in [1.165, 1.54) is 10.4 Å². The van der Waals surface area contributed by atoms with E-state index < -0.39 is 0 Å². The van der Waals surface area contributed by atoms with E-state index in [4.69, 9.17) is 11.6 Å². The van der Waals surface area contributed by atoms with Crippen LogP contribution in [0.25, 0.3) is 0 Å². The van der Waals surface area contributed by atoms with Crippen LogP contribution in [-0.4, -0.2) is 20.2 Å². The summed E-state index contributed by atoms with van der Waals surface area (Å²) in [5, 5.41) is 13.4. The lowest BCUT2D eigenvalue weighted by molar-refractivity contribution is 0.622. The molecule has 0 aromatic carbocycles. The second-order valence-corrected chi connectivity index (χ2v) is 4.99. The lowest BCUT2D eigenvalue weighted by atomic mass is 10.3. The van der Waals surface area contributed by atoms with Gasteiger partial charge in [0.2, 0.25) is 0 Å². The van der Waals surface area contributed by atoms with E-state index in [0.29, 0.717) is 12.4 Å². The fourth-order valence-electron chi connectivity index (χ4n) is 1.31. The molecule has 6 heteroatoms. The van der Waals surface area contributed by atoms with Gasteiger partial charge in [-0.25, -0.2) is 4.68 Å². The lowest BCUT2D eigenvalue weighted by Gasteiger charge is -2.04. The monoisotopic (exact) mass is 242 g/mol. The van der Waals surface area contributed by atoms with Crippen molar-refractivity contribution in [1.29, 1.82) is 0 Å². The van der Waals surface area contributed by atoms with Crippen molar-refractivity contribution < 1.29 is 0 Å². The Morgan fingerprint density at radius 1 is 1.60 bits per heavy atom. The van der Waals surface area contributed by atoms with Gasteiger partial charge in [-0.05, 0) is 41.3 Å². The molecule has 2 aromatic rings. The minimum Gasteiger partial charge on any atom is -0.223 e. The van der Waals surface area contributed by atoms with Gasteiger partial charge < -0.3 is 0 Å². The summed E-state index contributed by atoms with van der Waals surface area (Å²) < 4.78 is 1.75. The van der Waals surface area contributed by atoms with Crippen LogP contribution in [0.15, 0.2) is 11.4 Å². The first-order valence-electron chi connectivity index (χ1n) is 4.61. The highest BCUT2D eigenvalue weighted by Crippen LogP contribution is 2.20. The van der Waals surface area contributed by atoms with E-state index in [-0.39, 0.29) is 5.38 Å². The molecule has 2 aromatic heterocycles. The minimum absolute atomic E-state index is 0.166. The number of hydrogen-bond donors (Lipinski definition) is 0. The summed E-state index contributed by atoms with van der Waals surface area (Å²) in [6.07, 6.45) is 0. The fourth-order valence-corrected chi connectivity index (χ4v) is 2.35. The molecular formula is C9H11ClN4S. The number of aromatic nitrogens is 4. The van der Waals surface area contributed by atoms with E-state index in [1.807, 2.05) is 6.92 Å². The standard InChI is InChI=1S/C9H11ClN4S/c1-6-3-4-15-8(6)5-14-9(7(2)10)11-12-13-14/h3-4,7H,5H2,1-2H3. The first kappa shape index (κ1) is 10.6. The van der Waals surface area contributed by atoms with Crippen molar-refractivity contribution in [3.63, 3.8) is 0 Å². The average molecular weight is 243 g/mol. The van der Waals surface area contributed by atoms with Crippen LogP contribution >= 0.6 is 22.9 Å². The minimum atomic E-state index is -0.166. The number of aryl methyl sites for hydroxylation is 1. The van der Waals surface area contributed by atoms with E-state index in [2.05, 4.69) is 33.9 Å². The van der Waals surface area contributed by atoms with Crippen LogP contribution in [0, 0.1) is 6.92 Å². The summed E-state index contributed by atoms with van der Waals surface area (Å²) in [5.41, 5.74) is 1.27. The number of halogens is 1. The Morgan fingerprint density at radius 2 is 2.40 bits per heavy atom. The number of nitrogens with zero attached hydrogens (tertiary/aromatic N) is 4. The van der Waals surface area contributed by atoms with Crippen molar-refractivity contribution in [2.45, 2.75) is 25.8 Å². The Balaban J connectivity index is 2.25. The first-order chi connectivity index (χ1) is 7.18. The van der Waals surface area contributed by atoms with Crippen molar-refractivity contribution in [3.05, 3.63) is 27.7 Å². The zero-order valence-corrected chi connectivity index (χ0v) is 10.1. The summed E-state index contributed by atoms with van der Waals surface area (Å²) in [4.78, 5) is 1.26. The molecule has 0 fully saturated rings. The Morgan fingerprint density at radius 3 is 3.00 bits per heavy atom. The molecule has 4 nitrogen and oxygen atoms in total. The van der Waals surface area contributed by atoms with Crippen LogP contribution in [-0.2, 0) is 6.54 Å². The van der Waals surface area contributed by atoms with Gasteiger partial charge in [-0.1, -0.05) is 0 Å². The van der Waals surface area contributed by atoms with Crippen molar-refractivity contribution in [2.24, 2.45) is 0 Å². The Labute approximate surface area is 96.9 Å². The molecular weight excluding hydrogens is 232 g/mol. The molecule has 0 spiro atoms. The summed E-state index contributed by atoms with van der Waals surface area (Å²) in [6, 6.07) is 2.09. The van der Waals surface area contributed by atoms with Gasteiger partial charge in [0.25, 0.3) is 0 Å². The molecule has 0 N–H and O–H groups in total. The van der Waals surface area contributed by atoms with Gasteiger partial charge in [0.15, 0.2) is 5.82 Å². The molecule has 0 saturated carbocycles. The topological polar surface area (TPSA) is 43.6 Å². The molecule has 0 saturated heterocycles. The number of hydrogen-bond acceptors (Lipinski definition) is 4. The number of tetrazole rings is 1. The third-order valence-corrected chi connectivity index (χ3v) is 3.38. The Kier molecular flexibility index (Phi) is 3.02. The molecule has 0 aliphatic rings. The van der Waals surface area contributed by atoms with Crippen LogP contribution in [0.4, 0.5) is 0 Å². The summed E-state index contributed by atoms with van der Waals surface area (Å²) in [6.45, 7) is 4.65. The zero-order valence-electron chi connectivity index (χ0n) is 8.51.